The van der Waals surface area contributed by atoms with Crippen LogP contribution in [0.5, 0.6) is 6.01 Å². The predicted molar refractivity (Wildman–Crippen MR) is 87.1 cm³/mol. The molecule has 0 spiro atoms. The van der Waals surface area contributed by atoms with Crippen LogP contribution in [-0.2, 0) is 20.0 Å². The van der Waals surface area contributed by atoms with Crippen LogP contribution < -0.4 is 4.18 Å². The van der Waals surface area contributed by atoms with Crippen molar-refractivity contribution in [2.24, 2.45) is 0 Å². The molecule has 3 rings (SSSR count). The van der Waals surface area contributed by atoms with Crippen LogP contribution in [0.25, 0.3) is 16.8 Å². The van der Waals surface area contributed by atoms with Gasteiger partial charge in [-0.25, -0.2) is 12.9 Å². The number of halogens is 3. The number of rotatable bonds is 4. The molecule has 13 heteroatoms. The number of hydrogen-bond acceptors (Lipinski definition) is 7. The second-order valence-electron chi connectivity index (χ2n) is 5.38. The third-order valence-corrected chi connectivity index (χ3v) is 5.45. The molecule has 0 N–H and O–H groups in total. The maximum atomic E-state index is 12.4. The van der Waals surface area contributed by atoms with Crippen molar-refractivity contribution in [2.75, 3.05) is 6.26 Å². The molecule has 0 aliphatic carbocycles. The topological polar surface area (TPSA) is 108 Å². The zero-order valence-corrected chi connectivity index (χ0v) is 15.0. The third kappa shape index (κ3) is 3.73. The SMILES string of the molecule is CS(=O)(=O)c1cccc(-c2ccc3cnc(OS(=O)(=O)C(F)(F)F)nn23)c1. The van der Waals surface area contributed by atoms with Crippen molar-refractivity contribution in [2.45, 2.75) is 10.4 Å². The van der Waals surface area contributed by atoms with Gasteiger partial charge in [0.05, 0.1) is 22.3 Å². The number of fused-ring (bicyclic) bond motifs is 1. The van der Waals surface area contributed by atoms with Crippen molar-refractivity contribution >= 4 is 25.5 Å². The summed E-state index contributed by atoms with van der Waals surface area (Å²) in [6.07, 6.45) is 2.09. The molecule has 0 saturated heterocycles. The summed E-state index contributed by atoms with van der Waals surface area (Å²) in [4.78, 5) is 3.47. The lowest BCUT2D eigenvalue weighted by atomic mass is 10.2. The molecule has 0 fully saturated rings. The Hall–Kier alpha value is -2.67. The Kier molecular flexibility index (Phi) is 4.38. The minimum atomic E-state index is -5.92. The number of sulfone groups is 1. The number of hydrogen-bond donors (Lipinski definition) is 0. The summed E-state index contributed by atoms with van der Waals surface area (Å²) in [6.45, 7) is 0. The zero-order chi connectivity index (χ0) is 20.0. The first kappa shape index (κ1) is 19.1. The molecule has 0 atom stereocenters. The summed E-state index contributed by atoms with van der Waals surface area (Å²) in [5.41, 5.74) is -4.62. The minimum absolute atomic E-state index is 0.0279. The Morgan fingerprint density at radius 1 is 1.07 bits per heavy atom. The molecule has 3 aromatic rings. The van der Waals surface area contributed by atoms with Gasteiger partial charge >= 0.3 is 21.6 Å². The van der Waals surface area contributed by atoms with Gasteiger partial charge in [0.2, 0.25) is 0 Å². The summed E-state index contributed by atoms with van der Waals surface area (Å²) in [5.74, 6) is 0. The van der Waals surface area contributed by atoms with Gasteiger partial charge in [0.15, 0.2) is 9.84 Å². The highest BCUT2D eigenvalue weighted by molar-refractivity contribution is 7.90. The minimum Gasteiger partial charge on any atom is -0.335 e. The van der Waals surface area contributed by atoms with Crippen LogP contribution in [0.3, 0.4) is 0 Å². The average molecular weight is 421 g/mol. The molecule has 1 aromatic carbocycles. The van der Waals surface area contributed by atoms with Gasteiger partial charge in [0, 0.05) is 11.8 Å². The molecule has 2 heterocycles. The van der Waals surface area contributed by atoms with Crippen LogP contribution in [0.2, 0.25) is 0 Å². The quantitative estimate of drug-likeness (QED) is 0.469. The second-order valence-corrected chi connectivity index (χ2v) is 8.93. The Morgan fingerprint density at radius 2 is 1.78 bits per heavy atom. The van der Waals surface area contributed by atoms with E-state index in [2.05, 4.69) is 14.3 Å². The van der Waals surface area contributed by atoms with Gasteiger partial charge in [-0.2, -0.15) is 26.6 Å². The van der Waals surface area contributed by atoms with Crippen molar-refractivity contribution in [3.8, 4) is 17.3 Å². The normalized spacial score (nSPS) is 13.0. The van der Waals surface area contributed by atoms with Gasteiger partial charge in [-0.15, -0.1) is 5.10 Å². The fraction of sp³-hybridized carbons (Fsp3) is 0.143. The van der Waals surface area contributed by atoms with Gasteiger partial charge < -0.3 is 4.18 Å². The molecule has 0 aliphatic heterocycles. The Bertz CT molecular complexity index is 1230. The van der Waals surface area contributed by atoms with E-state index >= 15 is 0 Å². The van der Waals surface area contributed by atoms with Gasteiger partial charge in [0.25, 0.3) is 0 Å². The van der Waals surface area contributed by atoms with Crippen LogP contribution in [0.4, 0.5) is 13.2 Å². The fourth-order valence-electron chi connectivity index (χ4n) is 2.17. The number of alkyl halides is 3. The molecule has 144 valence electrons. The lowest BCUT2D eigenvalue weighted by Gasteiger charge is -2.09. The number of aromatic nitrogens is 3. The Labute approximate surface area is 151 Å². The van der Waals surface area contributed by atoms with Gasteiger partial charge in [-0.3, -0.25) is 0 Å². The smallest absolute Gasteiger partial charge is 0.335 e. The van der Waals surface area contributed by atoms with Gasteiger partial charge in [-0.1, -0.05) is 12.1 Å². The third-order valence-electron chi connectivity index (χ3n) is 3.40. The van der Waals surface area contributed by atoms with Crippen LogP contribution in [0.1, 0.15) is 0 Å². The molecule has 27 heavy (non-hydrogen) atoms. The molecule has 2 aromatic heterocycles. The van der Waals surface area contributed by atoms with Crippen molar-refractivity contribution in [3.63, 3.8) is 0 Å². The molecule has 0 bridgehead atoms. The lowest BCUT2D eigenvalue weighted by Crippen LogP contribution is -2.28. The Balaban J connectivity index is 2.10. The molecule has 0 amide bonds. The van der Waals surface area contributed by atoms with E-state index in [1.54, 1.807) is 6.07 Å². The van der Waals surface area contributed by atoms with E-state index in [4.69, 9.17) is 0 Å². The molecule has 0 saturated carbocycles. The molecule has 0 radical (unpaired) electrons. The monoisotopic (exact) mass is 421 g/mol. The maximum absolute atomic E-state index is 12.4. The van der Waals surface area contributed by atoms with E-state index in [0.29, 0.717) is 16.8 Å². The van der Waals surface area contributed by atoms with E-state index < -0.39 is 31.5 Å². The summed E-state index contributed by atoms with van der Waals surface area (Å²) < 4.78 is 87.9. The maximum Gasteiger partial charge on any atom is 0.534 e. The Morgan fingerprint density at radius 3 is 2.41 bits per heavy atom. The number of benzene rings is 1. The summed E-state index contributed by atoms with van der Waals surface area (Å²) in [7, 11) is -9.41. The van der Waals surface area contributed by atoms with Crippen molar-refractivity contribution in [3.05, 3.63) is 42.6 Å². The average Bonchev–Trinajstić information content (AvgIpc) is 2.96. The van der Waals surface area contributed by atoms with E-state index in [0.717, 1.165) is 17.0 Å². The molecular formula is C14H10F3N3O5S2. The van der Waals surface area contributed by atoms with Crippen LogP contribution in [-0.4, -0.2) is 43.2 Å². The van der Waals surface area contributed by atoms with Crippen molar-refractivity contribution in [1.82, 2.24) is 14.6 Å². The van der Waals surface area contributed by atoms with Crippen molar-refractivity contribution in [1.29, 1.82) is 0 Å². The van der Waals surface area contributed by atoms with Crippen LogP contribution in [0.15, 0.2) is 47.5 Å². The summed E-state index contributed by atoms with van der Waals surface area (Å²) in [6, 6.07) is 7.79. The van der Waals surface area contributed by atoms with E-state index in [1.807, 2.05) is 0 Å². The van der Waals surface area contributed by atoms with Crippen molar-refractivity contribution < 1.29 is 34.2 Å². The van der Waals surface area contributed by atoms with Crippen LogP contribution in [0, 0.1) is 0 Å². The largest absolute Gasteiger partial charge is 0.534 e. The lowest BCUT2D eigenvalue weighted by molar-refractivity contribution is -0.0503. The first-order valence-corrected chi connectivity index (χ1v) is 10.3. The highest BCUT2D eigenvalue weighted by Gasteiger charge is 2.49. The summed E-state index contributed by atoms with van der Waals surface area (Å²) >= 11 is 0. The molecule has 8 nitrogen and oxygen atoms in total. The molecular weight excluding hydrogens is 411 g/mol. The highest BCUT2D eigenvalue weighted by Crippen LogP contribution is 2.27. The highest BCUT2D eigenvalue weighted by atomic mass is 32.2. The van der Waals surface area contributed by atoms with E-state index in [-0.39, 0.29) is 4.90 Å². The van der Waals surface area contributed by atoms with Gasteiger partial charge in [-0.05, 0) is 24.3 Å². The predicted octanol–water partition coefficient (Wildman–Crippen LogP) is 2.03. The first-order valence-electron chi connectivity index (χ1n) is 7.04. The van der Waals surface area contributed by atoms with E-state index in [9.17, 15) is 30.0 Å². The number of nitrogens with zero attached hydrogens (tertiary/aromatic N) is 3. The zero-order valence-electron chi connectivity index (χ0n) is 13.4. The van der Waals surface area contributed by atoms with Crippen LogP contribution >= 0.6 is 0 Å². The molecule has 0 unspecified atom stereocenters. The molecule has 0 aliphatic rings. The first-order chi connectivity index (χ1) is 12.4. The summed E-state index contributed by atoms with van der Waals surface area (Å²) in [5, 5.41) is 3.66. The standard InChI is InChI=1S/C14H10F3N3O5S2/c1-26(21,22)11-4-2-3-9(7-11)12-6-5-10-8-18-13(19-20(10)12)25-27(23,24)14(15,16)17/h2-8H,1H3. The second kappa shape index (κ2) is 6.20. The van der Waals surface area contributed by atoms with Gasteiger partial charge in [0.1, 0.15) is 0 Å². The fourth-order valence-corrected chi connectivity index (χ4v) is 3.21. The van der Waals surface area contributed by atoms with E-state index in [1.165, 1.54) is 30.3 Å².